The van der Waals surface area contributed by atoms with E-state index in [9.17, 15) is 14.7 Å². The van der Waals surface area contributed by atoms with Crippen molar-refractivity contribution in [3.05, 3.63) is 0 Å². The van der Waals surface area contributed by atoms with Crippen molar-refractivity contribution < 1.29 is 14.7 Å². The van der Waals surface area contributed by atoms with Gasteiger partial charge in [0.25, 0.3) is 0 Å². The van der Waals surface area contributed by atoms with Crippen LogP contribution in [0.1, 0.15) is 44.9 Å². The van der Waals surface area contributed by atoms with Crippen molar-refractivity contribution in [3.8, 4) is 0 Å². The number of carbonyl (C=O) groups is 2. The Bertz CT molecular complexity index is 429. The summed E-state index contributed by atoms with van der Waals surface area (Å²) in [5.41, 5.74) is 0. The molecule has 2 N–H and O–H groups in total. The molecule has 3 saturated heterocycles. The first kappa shape index (κ1) is 16.7. The maximum Gasteiger partial charge on any atom is 0.226 e. The van der Waals surface area contributed by atoms with Crippen LogP contribution in [0.2, 0.25) is 0 Å². The van der Waals surface area contributed by atoms with Crippen LogP contribution in [0.25, 0.3) is 0 Å². The highest BCUT2D eigenvalue weighted by Gasteiger charge is 2.35. The van der Waals surface area contributed by atoms with Crippen LogP contribution >= 0.6 is 0 Å². The number of amides is 2. The van der Waals surface area contributed by atoms with Crippen molar-refractivity contribution in [2.75, 3.05) is 32.7 Å². The van der Waals surface area contributed by atoms with E-state index in [1.165, 1.54) is 0 Å². The highest BCUT2D eigenvalue weighted by atomic mass is 16.3. The number of rotatable bonds is 3. The van der Waals surface area contributed by atoms with Gasteiger partial charge in [-0.3, -0.25) is 9.59 Å². The molecular formula is C17H29N3O3. The summed E-state index contributed by atoms with van der Waals surface area (Å²) in [7, 11) is 0. The van der Waals surface area contributed by atoms with Gasteiger partial charge < -0.3 is 20.2 Å². The normalized spacial score (nSPS) is 28.2. The summed E-state index contributed by atoms with van der Waals surface area (Å²) in [6.45, 7) is 4.06. The number of hydrogen-bond acceptors (Lipinski definition) is 4. The lowest BCUT2D eigenvalue weighted by atomic mass is 9.90. The summed E-state index contributed by atoms with van der Waals surface area (Å²) < 4.78 is 0. The van der Waals surface area contributed by atoms with E-state index in [-0.39, 0.29) is 23.8 Å². The first-order valence-electron chi connectivity index (χ1n) is 9.12. The van der Waals surface area contributed by atoms with Gasteiger partial charge in [0, 0.05) is 38.0 Å². The predicted molar refractivity (Wildman–Crippen MR) is 86.8 cm³/mol. The van der Waals surface area contributed by atoms with Crippen molar-refractivity contribution >= 4 is 11.8 Å². The van der Waals surface area contributed by atoms with E-state index < -0.39 is 0 Å². The molecule has 1 unspecified atom stereocenters. The largest absolute Gasteiger partial charge is 0.393 e. The zero-order valence-electron chi connectivity index (χ0n) is 13.9. The SMILES string of the molecule is O=C(CC1CCCN(C2CCNCC2)C1=O)N1CCC(O)CC1. The Hall–Kier alpha value is -1.14. The van der Waals surface area contributed by atoms with E-state index in [0.29, 0.717) is 38.4 Å². The van der Waals surface area contributed by atoms with Crippen molar-refractivity contribution in [2.24, 2.45) is 5.92 Å². The van der Waals surface area contributed by atoms with Gasteiger partial charge in [-0.2, -0.15) is 0 Å². The second kappa shape index (κ2) is 7.62. The van der Waals surface area contributed by atoms with E-state index in [1.807, 2.05) is 9.80 Å². The lowest BCUT2D eigenvalue weighted by molar-refractivity contribution is -0.146. The molecule has 3 rings (SSSR count). The van der Waals surface area contributed by atoms with Crippen molar-refractivity contribution in [1.29, 1.82) is 0 Å². The number of likely N-dealkylation sites (tertiary alicyclic amines) is 2. The van der Waals surface area contributed by atoms with Gasteiger partial charge in [-0.05, 0) is 51.6 Å². The first-order valence-corrected chi connectivity index (χ1v) is 9.12. The van der Waals surface area contributed by atoms with Gasteiger partial charge in [-0.15, -0.1) is 0 Å². The van der Waals surface area contributed by atoms with Gasteiger partial charge in [-0.1, -0.05) is 0 Å². The van der Waals surface area contributed by atoms with Gasteiger partial charge in [-0.25, -0.2) is 0 Å². The van der Waals surface area contributed by atoms with Gasteiger partial charge in [0.1, 0.15) is 0 Å². The van der Waals surface area contributed by atoms with Crippen LogP contribution in [0.3, 0.4) is 0 Å². The minimum Gasteiger partial charge on any atom is -0.393 e. The fourth-order valence-electron chi connectivity index (χ4n) is 4.10. The zero-order valence-corrected chi connectivity index (χ0v) is 13.9. The number of aliphatic hydroxyl groups is 1. The number of piperidine rings is 3. The van der Waals surface area contributed by atoms with Crippen LogP contribution in [0.4, 0.5) is 0 Å². The molecule has 0 spiro atoms. The fraction of sp³-hybridized carbons (Fsp3) is 0.882. The average Bonchev–Trinajstić information content (AvgIpc) is 2.58. The van der Waals surface area contributed by atoms with Crippen molar-refractivity contribution in [3.63, 3.8) is 0 Å². The summed E-state index contributed by atoms with van der Waals surface area (Å²) in [6.07, 6.45) is 5.28. The quantitative estimate of drug-likeness (QED) is 0.786. The van der Waals surface area contributed by atoms with Gasteiger partial charge in [0.15, 0.2) is 0 Å². The second-order valence-corrected chi connectivity index (χ2v) is 7.17. The molecule has 6 nitrogen and oxygen atoms in total. The van der Waals surface area contributed by atoms with Crippen LogP contribution in [0, 0.1) is 5.92 Å². The Kier molecular flexibility index (Phi) is 5.54. The van der Waals surface area contributed by atoms with Crippen molar-refractivity contribution in [2.45, 2.75) is 57.1 Å². The molecule has 0 saturated carbocycles. The Balaban J connectivity index is 1.54. The Morgan fingerprint density at radius 2 is 1.78 bits per heavy atom. The van der Waals surface area contributed by atoms with Crippen LogP contribution in [-0.2, 0) is 9.59 Å². The number of aliphatic hydroxyl groups excluding tert-OH is 1. The number of carbonyl (C=O) groups excluding carboxylic acids is 2. The summed E-state index contributed by atoms with van der Waals surface area (Å²) in [4.78, 5) is 29.1. The van der Waals surface area contributed by atoms with Gasteiger partial charge in [0.2, 0.25) is 11.8 Å². The van der Waals surface area contributed by atoms with E-state index in [4.69, 9.17) is 0 Å². The molecule has 3 aliphatic heterocycles. The molecule has 3 fully saturated rings. The maximum atomic E-state index is 12.8. The molecule has 0 bridgehead atoms. The summed E-state index contributed by atoms with van der Waals surface area (Å²) >= 11 is 0. The van der Waals surface area contributed by atoms with Gasteiger partial charge in [0.05, 0.1) is 6.10 Å². The Labute approximate surface area is 138 Å². The van der Waals surface area contributed by atoms with Crippen molar-refractivity contribution in [1.82, 2.24) is 15.1 Å². The molecule has 23 heavy (non-hydrogen) atoms. The lowest BCUT2D eigenvalue weighted by Gasteiger charge is -2.40. The highest BCUT2D eigenvalue weighted by Crippen LogP contribution is 2.26. The van der Waals surface area contributed by atoms with E-state index >= 15 is 0 Å². The third-order valence-electron chi connectivity index (χ3n) is 5.57. The molecule has 130 valence electrons. The van der Waals surface area contributed by atoms with E-state index in [0.717, 1.165) is 45.3 Å². The minimum absolute atomic E-state index is 0.0856. The van der Waals surface area contributed by atoms with Crippen LogP contribution < -0.4 is 5.32 Å². The summed E-state index contributed by atoms with van der Waals surface area (Å²) in [5, 5.41) is 12.9. The topological polar surface area (TPSA) is 72.9 Å². The third kappa shape index (κ3) is 4.04. The standard InChI is InChI=1S/C17H29N3O3/c21-15-5-10-19(11-6-15)16(22)12-13-2-1-9-20(17(13)23)14-3-7-18-8-4-14/h13-15,18,21H,1-12H2. The molecule has 0 aromatic heterocycles. The molecule has 0 aromatic carbocycles. The Morgan fingerprint density at radius 1 is 1.09 bits per heavy atom. The number of nitrogens with zero attached hydrogens (tertiary/aromatic N) is 2. The fourth-order valence-corrected chi connectivity index (χ4v) is 4.10. The predicted octanol–water partition coefficient (Wildman–Crippen LogP) is 0.350. The van der Waals surface area contributed by atoms with Crippen LogP contribution in [0.5, 0.6) is 0 Å². The average molecular weight is 323 g/mol. The molecule has 0 aliphatic carbocycles. The smallest absolute Gasteiger partial charge is 0.226 e. The van der Waals surface area contributed by atoms with Crippen LogP contribution in [-0.4, -0.2) is 71.6 Å². The van der Waals surface area contributed by atoms with Crippen LogP contribution in [0.15, 0.2) is 0 Å². The monoisotopic (exact) mass is 323 g/mol. The molecule has 3 heterocycles. The molecule has 1 atom stereocenters. The molecule has 0 aromatic rings. The lowest BCUT2D eigenvalue weighted by Crippen LogP contribution is -2.51. The molecule has 3 aliphatic rings. The zero-order chi connectivity index (χ0) is 16.2. The number of nitrogens with one attached hydrogen (secondary N) is 1. The molecule has 2 amide bonds. The maximum absolute atomic E-state index is 12.8. The van der Waals surface area contributed by atoms with Gasteiger partial charge >= 0.3 is 0 Å². The minimum atomic E-state index is -0.272. The summed E-state index contributed by atoms with van der Waals surface area (Å²) in [5.74, 6) is 0.133. The molecular weight excluding hydrogens is 294 g/mol. The van der Waals surface area contributed by atoms with E-state index in [1.54, 1.807) is 0 Å². The second-order valence-electron chi connectivity index (χ2n) is 7.17. The summed E-state index contributed by atoms with van der Waals surface area (Å²) in [6, 6.07) is 0.354. The molecule has 0 radical (unpaired) electrons. The molecule has 6 heteroatoms. The highest BCUT2D eigenvalue weighted by molar-refractivity contribution is 5.86. The van der Waals surface area contributed by atoms with E-state index in [2.05, 4.69) is 5.32 Å². The number of hydrogen-bond donors (Lipinski definition) is 2. The first-order chi connectivity index (χ1) is 11.1. The Morgan fingerprint density at radius 3 is 2.48 bits per heavy atom. The third-order valence-corrected chi connectivity index (χ3v) is 5.57.